The molecule has 4 nitrogen and oxygen atoms in total. The highest BCUT2D eigenvalue weighted by atomic mass is 35.5. The molecule has 0 amide bonds. The first-order valence-electron chi connectivity index (χ1n) is 9.75. The van der Waals surface area contributed by atoms with Crippen LogP contribution in [0.25, 0.3) is 22.1 Å². The molecule has 0 radical (unpaired) electrons. The van der Waals surface area contributed by atoms with E-state index in [1.165, 1.54) is 33.7 Å². The molecule has 0 atom stereocenters. The van der Waals surface area contributed by atoms with Gasteiger partial charge >= 0.3 is 0 Å². The summed E-state index contributed by atoms with van der Waals surface area (Å²) in [6.45, 7) is 6.31. The normalized spacial score (nSPS) is 11.8. The van der Waals surface area contributed by atoms with Gasteiger partial charge in [-0.25, -0.2) is 18.3 Å². The van der Waals surface area contributed by atoms with Crippen molar-refractivity contribution in [3.63, 3.8) is 0 Å². The third kappa shape index (κ3) is 3.76. The molecule has 152 valence electrons. The van der Waals surface area contributed by atoms with Crippen molar-refractivity contribution in [2.24, 2.45) is 14.1 Å². The van der Waals surface area contributed by atoms with Crippen LogP contribution >= 0.6 is 35.0 Å². The fraction of sp³-hybridized carbons (Fsp3) is 0.364. The van der Waals surface area contributed by atoms with Gasteiger partial charge in [0.05, 0.1) is 27.2 Å². The minimum absolute atomic E-state index is 0.781. The largest absolute Gasteiger partial charge is 0.254 e. The summed E-state index contributed by atoms with van der Waals surface area (Å²) in [4.78, 5) is 0. The molecule has 2 aromatic heterocycles. The summed E-state index contributed by atoms with van der Waals surface area (Å²) in [5.41, 5.74) is 4.85. The molecule has 7 heteroatoms. The van der Waals surface area contributed by atoms with Crippen LogP contribution in [0.2, 0.25) is 10.0 Å². The van der Waals surface area contributed by atoms with Crippen molar-refractivity contribution in [2.45, 2.75) is 26.9 Å². The highest BCUT2D eigenvalue weighted by Crippen LogP contribution is 2.20. The maximum absolute atomic E-state index is 6.18. The van der Waals surface area contributed by atoms with Gasteiger partial charge < -0.3 is 0 Å². The van der Waals surface area contributed by atoms with E-state index in [1.54, 1.807) is 0 Å². The van der Waals surface area contributed by atoms with Crippen molar-refractivity contribution >= 4 is 57.0 Å². The molecule has 0 aliphatic heterocycles. The molecule has 0 aliphatic rings. The lowest BCUT2D eigenvalue weighted by molar-refractivity contribution is -0.674. The number of rotatable bonds is 6. The Morgan fingerprint density at radius 1 is 0.759 bits per heavy atom. The molecule has 29 heavy (non-hydrogen) atoms. The maximum atomic E-state index is 6.18. The van der Waals surface area contributed by atoms with Gasteiger partial charge in [0.25, 0.3) is 11.6 Å². The summed E-state index contributed by atoms with van der Waals surface area (Å²) in [6, 6.07) is 12.3. The van der Waals surface area contributed by atoms with Gasteiger partial charge in [0.15, 0.2) is 22.1 Å². The zero-order chi connectivity index (χ0) is 20.7. The Morgan fingerprint density at radius 2 is 1.17 bits per heavy atom. The van der Waals surface area contributed by atoms with Gasteiger partial charge in [-0.05, 0) is 24.3 Å². The standard InChI is InChI=1S/C22H26Cl2N4S/c1-15-25(3)21-13-17(23)5-7-19(21)27(15)9-11-29-12-10-28-16(2)26(4)22-14-18(24)6-8-20(22)28/h5-8,13-14H,9-12H2,1-4H3/q+2. The van der Waals surface area contributed by atoms with Crippen molar-refractivity contribution in [3.8, 4) is 0 Å². The van der Waals surface area contributed by atoms with Gasteiger partial charge in [0.1, 0.15) is 0 Å². The summed E-state index contributed by atoms with van der Waals surface area (Å²) < 4.78 is 9.20. The molecule has 2 heterocycles. The molecule has 0 saturated heterocycles. The van der Waals surface area contributed by atoms with E-state index in [0.29, 0.717) is 0 Å². The third-order valence-corrected chi connectivity index (χ3v) is 7.26. The van der Waals surface area contributed by atoms with E-state index in [2.05, 4.69) is 58.3 Å². The first-order valence-corrected chi connectivity index (χ1v) is 11.7. The monoisotopic (exact) mass is 448 g/mol. The Labute approximate surface area is 185 Å². The van der Waals surface area contributed by atoms with Crippen LogP contribution in [0.15, 0.2) is 36.4 Å². The second kappa shape index (κ2) is 8.21. The topological polar surface area (TPSA) is 17.6 Å². The zero-order valence-corrected chi connectivity index (χ0v) is 19.6. The number of hydrogen-bond acceptors (Lipinski definition) is 1. The Hall–Kier alpha value is -1.69. The van der Waals surface area contributed by atoms with Crippen LogP contribution in [0.1, 0.15) is 11.6 Å². The maximum Gasteiger partial charge on any atom is 0.254 e. The zero-order valence-electron chi connectivity index (χ0n) is 17.2. The molecule has 0 aliphatic carbocycles. The lowest BCUT2D eigenvalue weighted by Crippen LogP contribution is -2.39. The summed E-state index contributed by atoms with van der Waals surface area (Å²) in [6.07, 6.45) is 0. The average Bonchev–Trinajstić information content (AvgIpc) is 3.07. The predicted octanol–water partition coefficient (Wildman–Crippen LogP) is 4.60. The highest BCUT2D eigenvalue weighted by molar-refractivity contribution is 7.99. The van der Waals surface area contributed by atoms with Crippen LogP contribution in [0.4, 0.5) is 0 Å². The van der Waals surface area contributed by atoms with Crippen molar-refractivity contribution in [1.82, 2.24) is 9.13 Å². The number of aryl methyl sites for hydroxylation is 4. The lowest BCUT2D eigenvalue weighted by atomic mass is 10.3. The minimum atomic E-state index is 0.781. The highest BCUT2D eigenvalue weighted by Gasteiger charge is 2.20. The van der Waals surface area contributed by atoms with Gasteiger partial charge in [-0.2, -0.15) is 11.8 Å². The van der Waals surface area contributed by atoms with Gasteiger partial charge in [0, 0.05) is 47.5 Å². The second-order valence-electron chi connectivity index (χ2n) is 7.39. The molecular formula is C22H26Cl2N4S+2. The fourth-order valence-electron chi connectivity index (χ4n) is 4.02. The Bertz CT molecular complexity index is 1120. The van der Waals surface area contributed by atoms with Gasteiger partial charge in [0.2, 0.25) is 0 Å². The molecular weight excluding hydrogens is 423 g/mol. The number of fused-ring (bicyclic) bond motifs is 2. The second-order valence-corrected chi connectivity index (χ2v) is 9.49. The van der Waals surface area contributed by atoms with Crippen molar-refractivity contribution in [2.75, 3.05) is 11.5 Å². The lowest BCUT2D eigenvalue weighted by Gasteiger charge is -2.03. The number of nitrogens with zero attached hydrogens (tertiary/aromatic N) is 4. The molecule has 0 bridgehead atoms. The molecule has 4 aromatic rings. The predicted molar refractivity (Wildman–Crippen MR) is 123 cm³/mol. The minimum Gasteiger partial charge on any atom is -0.230 e. The smallest absolute Gasteiger partial charge is 0.230 e. The number of hydrogen-bond donors (Lipinski definition) is 0. The molecule has 2 aromatic carbocycles. The van der Waals surface area contributed by atoms with E-state index in [1.807, 2.05) is 36.0 Å². The van der Waals surface area contributed by atoms with Crippen LogP contribution in [0.3, 0.4) is 0 Å². The van der Waals surface area contributed by atoms with E-state index in [4.69, 9.17) is 23.2 Å². The Balaban J connectivity index is 1.43. The summed E-state index contributed by atoms with van der Waals surface area (Å²) in [5.74, 6) is 4.64. The van der Waals surface area contributed by atoms with Crippen LogP contribution in [0, 0.1) is 13.8 Å². The van der Waals surface area contributed by atoms with Crippen LogP contribution in [0.5, 0.6) is 0 Å². The van der Waals surface area contributed by atoms with E-state index in [9.17, 15) is 0 Å². The molecule has 4 rings (SSSR count). The molecule has 0 N–H and O–H groups in total. The summed E-state index contributed by atoms with van der Waals surface area (Å²) in [5, 5.41) is 1.56. The number of thioether (sulfide) groups is 1. The number of benzene rings is 2. The number of imidazole rings is 2. The summed E-state index contributed by atoms with van der Waals surface area (Å²) >= 11 is 14.4. The van der Waals surface area contributed by atoms with Crippen LogP contribution in [-0.2, 0) is 27.2 Å². The average molecular weight is 449 g/mol. The summed E-state index contributed by atoms with van der Waals surface area (Å²) in [7, 11) is 4.20. The van der Waals surface area contributed by atoms with E-state index >= 15 is 0 Å². The van der Waals surface area contributed by atoms with Crippen LogP contribution < -0.4 is 9.13 Å². The molecule has 0 spiro atoms. The van der Waals surface area contributed by atoms with E-state index in [0.717, 1.165) is 34.6 Å². The first kappa shape index (κ1) is 20.6. The first-order chi connectivity index (χ1) is 13.9. The molecule has 0 saturated carbocycles. The van der Waals surface area contributed by atoms with Crippen molar-refractivity contribution in [1.29, 1.82) is 0 Å². The number of halogens is 2. The van der Waals surface area contributed by atoms with Crippen molar-refractivity contribution < 1.29 is 9.13 Å². The molecule has 0 fully saturated rings. The third-order valence-electron chi connectivity index (χ3n) is 5.85. The van der Waals surface area contributed by atoms with Gasteiger partial charge in [-0.3, -0.25) is 0 Å². The quantitative estimate of drug-likeness (QED) is 0.311. The van der Waals surface area contributed by atoms with Gasteiger partial charge in [-0.15, -0.1) is 0 Å². The molecule has 0 unspecified atom stereocenters. The Kier molecular flexibility index (Phi) is 5.83. The van der Waals surface area contributed by atoms with Gasteiger partial charge in [-0.1, -0.05) is 23.2 Å². The fourth-order valence-corrected chi connectivity index (χ4v) is 5.18. The van der Waals surface area contributed by atoms with Crippen molar-refractivity contribution in [3.05, 3.63) is 58.1 Å². The van der Waals surface area contributed by atoms with E-state index in [-0.39, 0.29) is 0 Å². The Morgan fingerprint density at radius 3 is 1.59 bits per heavy atom. The van der Waals surface area contributed by atoms with Crippen LogP contribution in [-0.4, -0.2) is 20.6 Å². The number of aromatic nitrogens is 4. The SMILES string of the molecule is Cc1n(C)c2cc(Cl)ccc2[n+]1CCSCC[n+]1c(C)n(C)c2cc(Cl)ccc21. The van der Waals surface area contributed by atoms with E-state index < -0.39 is 0 Å².